The van der Waals surface area contributed by atoms with Crippen LogP contribution in [0.2, 0.25) is 0 Å². The molecule has 0 bridgehead atoms. The lowest BCUT2D eigenvalue weighted by atomic mass is 10.00. The van der Waals surface area contributed by atoms with Crippen molar-refractivity contribution in [1.29, 1.82) is 0 Å². The lowest BCUT2D eigenvalue weighted by molar-refractivity contribution is -0.121. The van der Waals surface area contributed by atoms with Gasteiger partial charge in [0.2, 0.25) is 5.91 Å². The predicted molar refractivity (Wildman–Crippen MR) is 109 cm³/mol. The molecule has 1 unspecified atom stereocenters. The number of aromatic nitrogens is 3. The van der Waals surface area contributed by atoms with Crippen molar-refractivity contribution >= 4 is 24.2 Å². The maximum atomic E-state index is 13.1. The molecular formula is C19H27ClN6O2. The van der Waals surface area contributed by atoms with E-state index < -0.39 is 0 Å². The van der Waals surface area contributed by atoms with E-state index in [1.807, 2.05) is 30.0 Å². The van der Waals surface area contributed by atoms with Gasteiger partial charge in [0.05, 0.1) is 5.69 Å². The smallest absolute Gasteiger partial charge is 0.254 e. The average Bonchev–Trinajstić information content (AvgIpc) is 3.20. The zero-order valence-corrected chi connectivity index (χ0v) is 16.8. The minimum absolute atomic E-state index is 0. The predicted octanol–water partition coefficient (Wildman–Crippen LogP) is 1.46. The minimum Gasteiger partial charge on any atom is -0.354 e. The minimum atomic E-state index is -0.0662. The molecule has 1 aliphatic rings. The molecule has 3 N–H and O–H groups in total. The van der Waals surface area contributed by atoms with Crippen LogP contribution in [0.4, 0.5) is 0 Å². The third-order valence-corrected chi connectivity index (χ3v) is 4.90. The van der Waals surface area contributed by atoms with E-state index >= 15 is 0 Å². The van der Waals surface area contributed by atoms with E-state index in [4.69, 9.17) is 5.73 Å². The third kappa shape index (κ3) is 5.08. The summed E-state index contributed by atoms with van der Waals surface area (Å²) < 4.78 is 1.68. The van der Waals surface area contributed by atoms with Crippen molar-refractivity contribution in [3.8, 4) is 5.69 Å². The summed E-state index contributed by atoms with van der Waals surface area (Å²) in [6.45, 7) is 3.46. The monoisotopic (exact) mass is 406 g/mol. The van der Waals surface area contributed by atoms with Gasteiger partial charge in [-0.25, -0.2) is 9.67 Å². The number of likely N-dealkylation sites (tertiary alicyclic amines) is 1. The van der Waals surface area contributed by atoms with Crippen LogP contribution in [-0.2, 0) is 4.79 Å². The lowest BCUT2D eigenvalue weighted by Gasteiger charge is -2.36. The van der Waals surface area contributed by atoms with E-state index in [0.717, 1.165) is 30.5 Å². The van der Waals surface area contributed by atoms with E-state index in [-0.39, 0.29) is 30.3 Å². The Hall–Kier alpha value is -2.45. The van der Waals surface area contributed by atoms with Crippen molar-refractivity contribution in [1.82, 2.24) is 25.0 Å². The number of piperidine rings is 1. The summed E-state index contributed by atoms with van der Waals surface area (Å²) in [5, 5.41) is 7.04. The quantitative estimate of drug-likeness (QED) is 0.755. The largest absolute Gasteiger partial charge is 0.354 e. The van der Waals surface area contributed by atoms with Gasteiger partial charge < -0.3 is 16.0 Å². The van der Waals surface area contributed by atoms with Gasteiger partial charge in [0, 0.05) is 37.7 Å². The number of benzene rings is 1. The highest BCUT2D eigenvalue weighted by molar-refractivity contribution is 5.95. The van der Waals surface area contributed by atoms with Crippen LogP contribution >= 0.6 is 12.4 Å². The second-order valence-electron chi connectivity index (χ2n) is 6.83. The van der Waals surface area contributed by atoms with E-state index in [2.05, 4.69) is 15.4 Å². The number of aryl methyl sites for hydroxylation is 1. The molecule has 152 valence electrons. The van der Waals surface area contributed by atoms with Gasteiger partial charge in [-0.2, -0.15) is 5.10 Å². The van der Waals surface area contributed by atoms with E-state index in [1.165, 1.54) is 6.33 Å². The van der Waals surface area contributed by atoms with Gasteiger partial charge >= 0.3 is 0 Å². The van der Waals surface area contributed by atoms with Crippen LogP contribution in [0.5, 0.6) is 0 Å². The molecule has 0 aliphatic carbocycles. The summed E-state index contributed by atoms with van der Waals surface area (Å²) in [6, 6.07) is 5.62. The molecule has 2 heterocycles. The van der Waals surface area contributed by atoms with Crippen molar-refractivity contribution < 1.29 is 9.59 Å². The summed E-state index contributed by atoms with van der Waals surface area (Å²) in [4.78, 5) is 30.7. The van der Waals surface area contributed by atoms with Crippen LogP contribution < -0.4 is 11.1 Å². The Morgan fingerprint density at radius 1 is 1.32 bits per heavy atom. The SMILES string of the molecule is Cc1cc(C(=O)N2CCCCC2CNC(=O)CCN)ccc1-n1cncn1.Cl. The van der Waals surface area contributed by atoms with Gasteiger partial charge in [0.1, 0.15) is 12.7 Å². The topological polar surface area (TPSA) is 106 Å². The normalized spacial score (nSPS) is 16.4. The molecule has 2 aromatic rings. The Morgan fingerprint density at radius 2 is 2.14 bits per heavy atom. The molecular weight excluding hydrogens is 380 g/mol. The number of nitrogens with one attached hydrogen (secondary N) is 1. The van der Waals surface area contributed by atoms with Crippen molar-refractivity contribution in [3.05, 3.63) is 42.0 Å². The highest BCUT2D eigenvalue weighted by Gasteiger charge is 2.28. The van der Waals surface area contributed by atoms with E-state index in [1.54, 1.807) is 11.0 Å². The van der Waals surface area contributed by atoms with Crippen LogP contribution in [-0.4, -0.2) is 57.2 Å². The molecule has 1 aromatic carbocycles. The zero-order chi connectivity index (χ0) is 19.2. The lowest BCUT2D eigenvalue weighted by Crippen LogP contribution is -2.49. The molecule has 3 rings (SSSR count). The Morgan fingerprint density at radius 3 is 2.82 bits per heavy atom. The van der Waals surface area contributed by atoms with Gasteiger partial charge in [0.15, 0.2) is 0 Å². The van der Waals surface area contributed by atoms with E-state index in [0.29, 0.717) is 31.6 Å². The molecule has 1 aromatic heterocycles. The van der Waals surface area contributed by atoms with Crippen molar-refractivity contribution in [3.63, 3.8) is 0 Å². The number of hydrogen-bond acceptors (Lipinski definition) is 5. The summed E-state index contributed by atoms with van der Waals surface area (Å²) in [5.41, 5.74) is 7.92. The van der Waals surface area contributed by atoms with Crippen molar-refractivity contribution in [2.75, 3.05) is 19.6 Å². The first kappa shape index (κ1) is 21.8. The fourth-order valence-corrected chi connectivity index (χ4v) is 3.48. The number of carbonyl (C=O) groups is 2. The Kier molecular flexibility index (Phi) is 7.95. The number of halogens is 1. The average molecular weight is 407 g/mol. The number of nitrogens with zero attached hydrogens (tertiary/aromatic N) is 4. The fraction of sp³-hybridized carbons (Fsp3) is 0.474. The van der Waals surface area contributed by atoms with Gasteiger partial charge in [-0.3, -0.25) is 9.59 Å². The molecule has 0 saturated carbocycles. The zero-order valence-electron chi connectivity index (χ0n) is 16.0. The third-order valence-electron chi connectivity index (χ3n) is 4.90. The number of nitrogens with two attached hydrogens (primary N) is 1. The van der Waals surface area contributed by atoms with E-state index in [9.17, 15) is 9.59 Å². The van der Waals surface area contributed by atoms with Crippen LogP contribution in [0.25, 0.3) is 5.69 Å². The number of hydrogen-bond donors (Lipinski definition) is 2. The van der Waals surface area contributed by atoms with Crippen molar-refractivity contribution in [2.24, 2.45) is 5.73 Å². The molecule has 8 nitrogen and oxygen atoms in total. The fourth-order valence-electron chi connectivity index (χ4n) is 3.48. The Bertz CT molecular complexity index is 796. The Balaban J connectivity index is 0.00000280. The maximum absolute atomic E-state index is 13.1. The van der Waals surface area contributed by atoms with Crippen LogP contribution in [0.1, 0.15) is 41.6 Å². The van der Waals surface area contributed by atoms with Crippen LogP contribution in [0.15, 0.2) is 30.9 Å². The van der Waals surface area contributed by atoms with Gasteiger partial charge in [-0.1, -0.05) is 0 Å². The number of rotatable bonds is 6. The molecule has 1 fully saturated rings. The number of amides is 2. The highest BCUT2D eigenvalue weighted by Crippen LogP contribution is 2.21. The summed E-state index contributed by atoms with van der Waals surface area (Å²) in [6.07, 6.45) is 6.36. The summed E-state index contributed by atoms with van der Waals surface area (Å²) >= 11 is 0. The molecule has 1 aliphatic heterocycles. The summed E-state index contributed by atoms with van der Waals surface area (Å²) in [5.74, 6) is -0.0653. The molecule has 1 saturated heterocycles. The van der Waals surface area contributed by atoms with Crippen LogP contribution in [0, 0.1) is 6.92 Å². The number of carbonyl (C=O) groups excluding carboxylic acids is 2. The molecule has 9 heteroatoms. The summed E-state index contributed by atoms with van der Waals surface area (Å²) in [7, 11) is 0. The Labute approximate surface area is 170 Å². The first-order valence-corrected chi connectivity index (χ1v) is 9.33. The van der Waals surface area contributed by atoms with Gasteiger partial charge in [0.25, 0.3) is 5.91 Å². The first-order valence-electron chi connectivity index (χ1n) is 9.33. The first-order chi connectivity index (χ1) is 13.1. The second-order valence-corrected chi connectivity index (χ2v) is 6.83. The molecule has 1 atom stereocenters. The molecule has 0 spiro atoms. The molecule has 2 amide bonds. The maximum Gasteiger partial charge on any atom is 0.254 e. The van der Waals surface area contributed by atoms with Crippen LogP contribution in [0.3, 0.4) is 0 Å². The highest BCUT2D eigenvalue weighted by atomic mass is 35.5. The standard InChI is InChI=1S/C19H26N6O2.ClH/c1-14-10-15(5-6-17(14)25-13-21-12-23-25)19(27)24-9-3-2-4-16(24)11-22-18(26)7-8-20;/h5-6,10,12-13,16H,2-4,7-9,11,20H2,1H3,(H,22,26);1H. The van der Waals surface area contributed by atoms with Gasteiger partial charge in [-0.05, 0) is 49.9 Å². The molecule has 0 radical (unpaired) electrons. The van der Waals surface area contributed by atoms with Gasteiger partial charge in [-0.15, -0.1) is 12.4 Å². The second kappa shape index (κ2) is 10.2. The molecule has 28 heavy (non-hydrogen) atoms. The van der Waals surface area contributed by atoms with Crippen molar-refractivity contribution in [2.45, 2.75) is 38.6 Å².